The van der Waals surface area contributed by atoms with E-state index < -0.39 is 5.91 Å². The number of unbranched alkanes of at least 4 members (excludes halogenated alkanes) is 1. The van der Waals surface area contributed by atoms with Gasteiger partial charge in [-0.3, -0.25) is 29.3 Å². The highest BCUT2D eigenvalue weighted by Crippen LogP contribution is 2.38. The van der Waals surface area contributed by atoms with Gasteiger partial charge in [0.05, 0.1) is 25.0 Å². The minimum absolute atomic E-state index is 0.0426. The number of ketones is 2. The van der Waals surface area contributed by atoms with E-state index in [-0.39, 0.29) is 73.2 Å². The molecule has 42 heavy (non-hydrogen) atoms. The summed E-state index contributed by atoms with van der Waals surface area (Å²) in [5.41, 5.74) is 2.21. The van der Waals surface area contributed by atoms with Gasteiger partial charge in [-0.05, 0) is 43.3 Å². The summed E-state index contributed by atoms with van der Waals surface area (Å²) in [5.74, 6) is -0.769. The molecule has 9 nitrogen and oxygen atoms in total. The molecule has 4 aliphatic rings. The van der Waals surface area contributed by atoms with E-state index in [1.54, 1.807) is 0 Å². The second kappa shape index (κ2) is 16.3. The number of Topliss-reactive ketones (excluding diaryl/α,β-unsaturated/α-hetero) is 2. The summed E-state index contributed by atoms with van der Waals surface area (Å²) in [6.07, 6.45) is 23.4. The predicted molar refractivity (Wildman–Crippen MR) is 161 cm³/mol. The molecular formula is C33H46N4O5. The summed E-state index contributed by atoms with van der Waals surface area (Å²) < 4.78 is 0. The van der Waals surface area contributed by atoms with E-state index in [9.17, 15) is 24.0 Å². The second-order valence-electron chi connectivity index (χ2n) is 11.9. The fraction of sp³-hybridized carbons (Fsp3) is 0.606. The van der Waals surface area contributed by atoms with E-state index in [4.69, 9.17) is 0 Å². The fourth-order valence-corrected chi connectivity index (χ4v) is 6.39. The largest absolute Gasteiger partial charge is 0.355 e. The number of hydrogen-bond donors (Lipinski definition) is 4. The molecule has 0 aromatic carbocycles. The van der Waals surface area contributed by atoms with Gasteiger partial charge in [0, 0.05) is 31.3 Å². The first kappa shape index (κ1) is 31.6. The third kappa shape index (κ3) is 9.34. The van der Waals surface area contributed by atoms with Crippen LogP contribution in [0.2, 0.25) is 0 Å². The molecule has 1 saturated heterocycles. The summed E-state index contributed by atoms with van der Waals surface area (Å²) in [5, 5.41) is 11.3. The molecule has 3 aliphatic carbocycles. The molecule has 0 aromatic rings. The number of rotatable bonds is 13. The first-order valence-electron chi connectivity index (χ1n) is 15.8. The fourth-order valence-electron chi connectivity index (χ4n) is 6.39. The molecule has 2 fully saturated rings. The van der Waals surface area contributed by atoms with Gasteiger partial charge in [0.15, 0.2) is 5.78 Å². The minimum Gasteiger partial charge on any atom is -0.355 e. The maximum Gasteiger partial charge on any atom is 0.239 e. The molecule has 4 rings (SSSR count). The van der Waals surface area contributed by atoms with Crippen molar-refractivity contribution < 1.29 is 24.0 Å². The smallest absolute Gasteiger partial charge is 0.239 e. The van der Waals surface area contributed by atoms with Crippen molar-refractivity contribution in [1.82, 2.24) is 21.3 Å². The first-order chi connectivity index (χ1) is 20.4. The van der Waals surface area contributed by atoms with Crippen LogP contribution in [0.3, 0.4) is 0 Å². The molecule has 3 atom stereocenters. The van der Waals surface area contributed by atoms with Crippen molar-refractivity contribution in [3.8, 4) is 0 Å². The highest BCUT2D eigenvalue weighted by molar-refractivity contribution is 5.94. The molecule has 3 amide bonds. The number of allylic oxidation sites excluding steroid dienone is 5. The number of nitrogens with one attached hydrogen (secondary N) is 4. The SMILES string of the molecule is O=C(CCC(=O)C1CCCCCCCC1)NCC(=O)NCC(=O)NCCCCC1NC2C3=CC(=C/C=C\C=C/3)\C2C1=O. The van der Waals surface area contributed by atoms with Crippen LogP contribution in [0.5, 0.6) is 0 Å². The van der Waals surface area contributed by atoms with Crippen LogP contribution in [-0.2, 0) is 24.0 Å². The zero-order chi connectivity index (χ0) is 29.7. The lowest BCUT2D eigenvalue weighted by molar-refractivity contribution is -0.129. The highest BCUT2D eigenvalue weighted by atomic mass is 16.2. The quantitative estimate of drug-likeness (QED) is 0.248. The number of amides is 3. The Morgan fingerprint density at radius 2 is 1.45 bits per heavy atom. The van der Waals surface area contributed by atoms with E-state index in [1.807, 2.05) is 24.3 Å². The Labute approximate surface area is 249 Å². The zero-order valence-electron chi connectivity index (χ0n) is 24.6. The van der Waals surface area contributed by atoms with Crippen molar-refractivity contribution in [3.05, 3.63) is 47.6 Å². The summed E-state index contributed by atoms with van der Waals surface area (Å²) in [6, 6.07) is -0.140. The van der Waals surface area contributed by atoms with E-state index in [0.717, 1.165) is 49.7 Å². The van der Waals surface area contributed by atoms with Crippen LogP contribution in [0.1, 0.15) is 83.5 Å². The number of fused-ring (bicyclic) bond motifs is 4. The van der Waals surface area contributed by atoms with Crippen LogP contribution in [0, 0.1) is 11.8 Å². The topological polar surface area (TPSA) is 133 Å². The summed E-state index contributed by atoms with van der Waals surface area (Å²) in [6.45, 7) is 0.0547. The van der Waals surface area contributed by atoms with Gasteiger partial charge in [-0.15, -0.1) is 0 Å². The van der Waals surface area contributed by atoms with Gasteiger partial charge in [0.2, 0.25) is 17.7 Å². The molecule has 3 unspecified atom stereocenters. The highest BCUT2D eigenvalue weighted by Gasteiger charge is 2.46. The van der Waals surface area contributed by atoms with Crippen molar-refractivity contribution in [3.63, 3.8) is 0 Å². The zero-order valence-corrected chi connectivity index (χ0v) is 24.6. The minimum atomic E-state index is -0.454. The van der Waals surface area contributed by atoms with Crippen molar-refractivity contribution in [1.29, 1.82) is 0 Å². The predicted octanol–water partition coefficient (Wildman–Crippen LogP) is 3.12. The van der Waals surface area contributed by atoms with E-state index in [2.05, 4.69) is 33.4 Å². The van der Waals surface area contributed by atoms with Crippen molar-refractivity contribution in [2.75, 3.05) is 19.6 Å². The average Bonchev–Trinajstić information content (AvgIpc) is 3.53. The van der Waals surface area contributed by atoms with E-state index >= 15 is 0 Å². The van der Waals surface area contributed by atoms with Crippen molar-refractivity contribution in [2.24, 2.45) is 11.8 Å². The molecule has 0 radical (unpaired) electrons. The number of carbonyl (C=O) groups is 5. The van der Waals surface area contributed by atoms with Gasteiger partial charge < -0.3 is 16.0 Å². The molecule has 9 heteroatoms. The van der Waals surface area contributed by atoms with Crippen LogP contribution in [0.15, 0.2) is 47.6 Å². The Kier molecular flexibility index (Phi) is 12.3. The average molecular weight is 579 g/mol. The van der Waals surface area contributed by atoms with Gasteiger partial charge in [-0.25, -0.2) is 0 Å². The molecule has 0 spiro atoms. The molecule has 4 N–H and O–H groups in total. The van der Waals surface area contributed by atoms with Crippen LogP contribution < -0.4 is 21.3 Å². The number of carbonyl (C=O) groups excluding carboxylic acids is 5. The van der Waals surface area contributed by atoms with E-state index in [1.165, 1.54) is 25.7 Å². The Balaban J connectivity index is 1.02. The molecule has 2 bridgehead atoms. The molecule has 0 aromatic heterocycles. The molecule has 1 aliphatic heterocycles. The Hall–Kier alpha value is -3.33. The molecule has 1 heterocycles. The molecule has 228 valence electrons. The van der Waals surface area contributed by atoms with Crippen LogP contribution in [0.25, 0.3) is 0 Å². The van der Waals surface area contributed by atoms with Crippen LogP contribution in [0.4, 0.5) is 0 Å². The van der Waals surface area contributed by atoms with Gasteiger partial charge in [-0.2, -0.15) is 0 Å². The summed E-state index contributed by atoms with van der Waals surface area (Å²) in [7, 11) is 0. The summed E-state index contributed by atoms with van der Waals surface area (Å²) in [4.78, 5) is 61.9. The van der Waals surface area contributed by atoms with Crippen LogP contribution in [-0.4, -0.2) is 61.0 Å². The monoisotopic (exact) mass is 578 g/mol. The standard InChI is InChI=1S/C33H46N4O5/c38-27(23-12-6-3-1-2-4-7-13-23)17-18-28(39)35-22-30(41)36-21-29(40)34-19-11-10-16-26-33(42)31-24-14-8-5-9-15-25(20-24)32(31)37-26/h5,8-9,14-15,20,23,26,31-32,37H,1-4,6-7,10-13,16-19,21-22H2,(H,34,40)(H,35,39)(H,36,41)/b8-5-,9-5?,14-8?,15-9-,24-14+,25-15?. The summed E-state index contributed by atoms with van der Waals surface area (Å²) >= 11 is 0. The normalized spacial score (nSPS) is 26.6. The molecular weight excluding hydrogens is 532 g/mol. The van der Waals surface area contributed by atoms with Gasteiger partial charge in [-0.1, -0.05) is 75.0 Å². The third-order valence-corrected chi connectivity index (χ3v) is 8.76. The second-order valence-corrected chi connectivity index (χ2v) is 11.9. The Morgan fingerprint density at radius 1 is 0.762 bits per heavy atom. The molecule has 1 saturated carbocycles. The van der Waals surface area contributed by atoms with Crippen molar-refractivity contribution in [2.45, 2.75) is 95.6 Å². The van der Waals surface area contributed by atoms with Gasteiger partial charge >= 0.3 is 0 Å². The maximum atomic E-state index is 13.0. The van der Waals surface area contributed by atoms with Gasteiger partial charge in [0.25, 0.3) is 0 Å². The lowest BCUT2D eigenvalue weighted by Gasteiger charge is -2.14. The maximum absolute atomic E-state index is 13.0. The lowest BCUT2D eigenvalue weighted by Crippen LogP contribution is -2.42. The number of hydrogen-bond acceptors (Lipinski definition) is 6. The van der Waals surface area contributed by atoms with Gasteiger partial charge in [0.1, 0.15) is 5.78 Å². The lowest BCUT2D eigenvalue weighted by atomic mass is 9.90. The Morgan fingerprint density at radius 3 is 2.21 bits per heavy atom. The van der Waals surface area contributed by atoms with E-state index in [0.29, 0.717) is 13.0 Å². The van der Waals surface area contributed by atoms with Crippen molar-refractivity contribution >= 4 is 29.3 Å². The first-order valence-corrected chi connectivity index (χ1v) is 15.8. The third-order valence-electron chi connectivity index (χ3n) is 8.76. The Bertz CT molecular complexity index is 1130. The van der Waals surface area contributed by atoms with Crippen LogP contribution >= 0.6 is 0 Å².